The molecular formula is C19H18Cl2N2O2. The second kappa shape index (κ2) is 7.89. The highest BCUT2D eigenvalue weighted by molar-refractivity contribution is 6.35. The molecule has 1 fully saturated rings. The first-order valence-electron chi connectivity index (χ1n) is 8.09. The Morgan fingerprint density at radius 1 is 1.16 bits per heavy atom. The third-order valence-corrected chi connectivity index (χ3v) is 4.88. The maximum absolute atomic E-state index is 12.5. The standard InChI is InChI=1S/C19H18Cl2N2O2/c20-15-7-6-14(16(21)10-15)12-23-17(8-9-18(23)24)19(25)22-11-13-4-2-1-3-5-13/h1-7,10,17H,8-9,11-12H2,(H,22,25)/t17-/m0/s1. The Balaban J connectivity index is 1.67. The second-order valence-electron chi connectivity index (χ2n) is 6.02. The lowest BCUT2D eigenvalue weighted by atomic mass is 10.1. The average molecular weight is 377 g/mol. The van der Waals surface area contributed by atoms with Crippen LogP contribution < -0.4 is 5.32 Å². The van der Waals surface area contributed by atoms with Crippen LogP contribution in [0.15, 0.2) is 48.5 Å². The predicted molar refractivity (Wildman–Crippen MR) is 98.3 cm³/mol. The molecule has 0 radical (unpaired) electrons. The first kappa shape index (κ1) is 17.8. The van der Waals surface area contributed by atoms with Gasteiger partial charge in [-0.25, -0.2) is 0 Å². The zero-order chi connectivity index (χ0) is 17.8. The van der Waals surface area contributed by atoms with Gasteiger partial charge in [-0.1, -0.05) is 59.6 Å². The van der Waals surface area contributed by atoms with Crippen molar-refractivity contribution in [3.05, 3.63) is 69.7 Å². The fourth-order valence-electron chi connectivity index (χ4n) is 2.94. The maximum Gasteiger partial charge on any atom is 0.243 e. The lowest BCUT2D eigenvalue weighted by Crippen LogP contribution is -2.44. The number of hydrogen-bond donors (Lipinski definition) is 1. The molecule has 0 unspecified atom stereocenters. The van der Waals surface area contributed by atoms with Gasteiger partial charge < -0.3 is 10.2 Å². The number of carbonyl (C=O) groups is 2. The van der Waals surface area contributed by atoms with Crippen LogP contribution in [0, 0.1) is 0 Å². The monoisotopic (exact) mass is 376 g/mol. The highest BCUT2D eigenvalue weighted by Crippen LogP contribution is 2.27. The molecule has 1 heterocycles. The molecule has 2 aromatic rings. The number of nitrogens with zero attached hydrogens (tertiary/aromatic N) is 1. The summed E-state index contributed by atoms with van der Waals surface area (Å²) in [6, 6.07) is 14.4. The van der Waals surface area contributed by atoms with Crippen LogP contribution in [-0.4, -0.2) is 22.8 Å². The molecule has 0 aliphatic carbocycles. The lowest BCUT2D eigenvalue weighted by molar-refractivity contribution is -0.135. The van der Waals surface area contributed by atoms with Crippen LogP contribution in [-0.2, 0) is 22.7 Å². The first-order valence-corrected chi connectivity index (χ1v) is 8.85. The van der Waals surface area contributed by atoms with Crippen LogP contribution >= 0.6 is 23.2 Å². The Bertz CT molecular complexity index is 780. The lowest BCUT2D eigenvalue weighted by Gasteiger charge is -2.24. The number of nitrogens with one attached hydrogen (secondary N) is 1. The van der Waals surface area contributed by atoms with E-state index < -0.39 is 6.04 Å². The molecule has 2 amide bonds. The van der Waals surface area contributed by atoms with Crippen molar-refractivity contribution in [3.8, 4) is 0 Å². The maximum atomic E-state index is 12.5. The quantitative estimate of drug-likeness (QED) is 0.862. The van der Waals surface area contributed by atoms with Crippen molar-refractivity contribution in [1.29, 1.82) is 0 Å². The Labute approximate surface area is 156 Å². The van der Waals surface area contributed by atoms with E-state index in [1.165, 1.54) is 0 Å². The van der Waals surface area contributed by atoms with E-state index in [9.17, 15) is 9.59 Å². The average Bonchev–Trinajstić information content (AvgIpc) is 2.97. The Morgan fingerprint density at radius 2 is 1.92 bits per heavy atom. The molecule has 2 aromatic carbocycles. The van der Waals surface area contributed by atoms with E-state index in [-0.39, 0.29) is 11.8 Å². The predicted octanol–water partition coefficient (Wildman–Crippen LogP) is 3.80. The van der Waals surface area contributed by atoms with Gasteiger partial charge in [0.25, 0.3) is 0 Å². The van der Waals surface area contributed by atoms with Gasteiger partial charge in [-0.05, 0) is 29.7 Å². The van der Waals surface area contributed by atoms with E-state index in [1.807, 2.05) is 30.3 Å². The van der Waals surface area contributed by atoms with Gasteiger partial charge in [-0.15, -0.1) is 0 Å². The van der Waals surface area contributed by atoms with Crippen molar-refractivity contribution in [3.63, 3.8) is 0 Å². The Kier molecular flexibility index (Phi) is 5.61. The molecule has 0 saturated carbocycles. The van der Waals surface area contributed by atoms with Crippen LogP contribution in [0.4, 0.5) is 0 Å². The molecule has 1 aliphatic rings. The summed E-state index contributed by atoms with van der Waals surface area (Å²) in [6.07, 6.45) is 0.888. The minimum Gasteiger partial charge on any atom is -0.350 e. The minimum absolute atomic E-state index is 0.0362. The summed E-state index contributed by atoms with van der Waals surface area (Å²) in [5.74, 6) is -0.175. The molecule has 0 aromatic heterocycles. The molecule has 1 N–H and O–H groups in total. The van der Waals surface area contributed by atoms with Crippen molar-refractivity contribution in [2.45, 2.75) is 32.0 Å². The van der Waals surface area contributed by atoms with Gasteiger partial charge in [0.2, 0.25) is 11.8 Å². The van der Waals surface area contributed by atoms with Crippen LogP contribution in [0.3, 0.4) is 0 Å². The molecule has 25 heavy (non-hydrogen) atoms. The zero-order valence-electron chi connectivity index (χ0n) is 13.5. The normalized spacial score (nSPS) is 17.0. The molecular weight excluding hydrogens is 359 g/mol. The van der Waals surface area contributed by atoms with E-state index in [0.717, 1.165) is 11.1 Å². The van der Waals surface area contributed by atoms with Crippen LogP contribution in [0.5, 0.6) is 0 Å². The van der Waals surface area contributed by atoms with Gasteiger partial charge in [0, 0.05) is 29.6 Å². The third-order valence-electron chi connectivity index (χ3n) is 4.30. The second-order valence-corrected chi connectivity index (χ2v) is 6.86. The SMILES string of the molecule is O=C(NCc1ccccc1)[C@@H]1CCC(=O)N1Cc1ccc(Cl)cc1Cl. The molecule has 0 spiro atoms. The van der Waals surface area contributed by atoms with E-state index in [2.05, 4.69) is 5.32 Å². The van der Waals surface area contributed by atoms with Crippen LogP contribution in [0.2, 0.25) is 10.0 Å². The van der Waals surface area contributed by atoms with E-state index >= 15 is 0 Å². The molecule has 1 aliphatic heterocycles. The fourth-order valence-corrected chi connectivity index (χ4v) is 3.41. The van der Waals surface area contributed by atoms with Gasteiger partial charge in [0.15, 0.2) is 0 Å². The number of carbonyl (C=O) groups excluding carboxylic acids is 2. The van der Waals surface area contributed by atoms with Gasteiger partial charge in [0.05, 0.1) is 0 Å². The molecule has 130 valence electrons. The zero-order valence-corrected chi connectivity index (χ0v) is 15.1. The topological polar surface area (TPSA) is 49.4 Å². The number of rotatable bonds is 5. The van der Waals surface area contributed by atoms with Crippen LogP contribution in [0.1, 0.15) is 24.0 Å². The number of benzene rings is 2. The summed E-state index contributed by atoms with van der Waals surface area (Å²) in [7, 11) is 0. The third kappa shape index (κ3) is 4.33. The van der Waals surface area contributed by atoms with E-state index in [1.54, 1.807) is 23.1 Å². The van der Waals surface area contributed by atoms with Gasteiger partial charge >= 0.3 is 0 Å². The molecule has 1 saturated heterocycles. The molecule has 0 bridgehead atoms. The van der Waals surface area contributed by atoms with Crippen molar-refractivity contribution in [2.24, 2.45) is 0 Å². The summed E-state index contributed by atoms with van der Waals surface area (Å²) < 4.78 is 0. The van der Waals surface area contributed by atoms with Crippen LogP contribution in [0.25, 0.3) is 0 Å². The number of hydrogen-bond acceptors (Lipinski definition) is 2. The summed E-state index contributed by atoms with van der Waals surface area (Å²) in [6.45, 7) is 0.748. The number of likely N-dealkylation sites (tertiary alicyclic amines) is 1. The molecule has 6 heteroatoms. The highest BCUT2D eigenvalue weighted by atomic mass is 35.5. The van der Waals surface area contributed by atoms with Gasteiger partial charge in [-0.2, -0.15) is 0 Å². The largest absolute Gasteiger partial charge is 0.350 e. The number of halogens is 2. The van der Waals surface area contributed by atoms with E-state index in [4.69, 9.17) is 23.2 Å². The summed E-state index contributed by atoms with van der Waals surface area (Å²) in [5.41, 5.74) is 1.80. The summed E-state index contributed by atoms with van der Waals surface area (Å²) in [5, 5.41) is 3.95. The summed E-state index contributed by atoms with van der Waals surface area (Å²) in [4.78, 5) is 26.4. The van der Waals surface area contributed by atoms with Gasteiger partial charge in [0.1, 0.15) is 6.04 Å². The Hall–Kier alpha value is -2.04. The fraction of sp³-hybridized carbons (Fsp3) is 0.263. The molecule has 4 nitrogen and oxygen atoms in total. The van der Waals surface area contributed by atoms with Gasteiger partial charge in [-0.3, -0.25) is 9.59 Å². The van der Waals surface area contributed by atoms with Crippen molar-refractivity contribution >= 4 is 35.0 Å². The number of amides is 2. The molecule has 1 atom stereocenters. The first-order chi connectivity index (χ1) is 12.0. The smallest absolute Gasteiger partial charge is 0.243 e. The van der Waals surface area contributed by atoms with Crippen molar-refractivity contribution < 1.29 is 9.59 Å². The van der Waals surface area contributed by atoms with E-state index in [0.29, 0.717) is 36.0 Å². The summed E-state index contributed by atoms with van der Waals surface area (Å²) >= 11 is 12.1. The van der Waals surface area contributed by atoms with Crippen molar-refractivity contribution in [1.82, 2.24) is 10.2 Å². The minimum atomic E-state index is -0.469. The highest BCUT2D eigenvalue weighted by Gasteiger charge is 2.36. The van der Waals surface area contributed by atoms with Crippen molar-refractivity contribution in [2.75, 3.05) is 0 Å². The molecule has 3 rings (SSSR count). The Morgan fingerprint density at radius 3 is 2.64 bits per heavy atom.